The molecule has 0 bridgehead atoms. The van der Waals surface area contributed by atoms with Crippen molar-refractivity contribution < 1.29 is 4.74 Å². The van der Waals surface area contributed by atoms with E-state index in [1.54, 1.807) is 7.11 Å². The number of ether oxygens (including phenoxy) is 1. The Kier molecular flexibility index (Phi) is 3.95. The van der Waals surface area contributed by atoms with Crippen molar-refractivity contribution >= 4 is 11.4 Å². The average molecular weight is 256 g/mol. The van der Waals surface area contributed by atoms with Crippen molar-refractivity contribution in [3.8, 4) is 5.75 Å². The molecule has 0 aromatic heterocycles. The lowest BCUT2D eigenvalue weighted by molar-refractivity contribution is 0.409. The van der Waals surface area contributed by atoms with Crippen LogP contribution in [-0.4, -0.2) is 7.11 Å². The zero-order valence-corrected chi connectivity index (χ0v) is 11.7. The number of anilines is 2. The number of benzene rings is 2. The van der Waals surface area contributed by atoms with Gasteiger partial charge in [-0.25, -0.2) is 0 Å². The number of aryl methyl sites for hydroxylation is 1. The van der Waals surface area contributed by atoms with Crippen LogP contribution >= 0.6 is 0 Å². The molecule has 0 saturated carbocycles. The summed E-state index contributed by atoms with van der Waals surface area (Å²) >= 11 is 0. The van der Waals surface area contributed by atoms with Crippen LogP contribution in [0.3, 0.4) is 0 Å². The fraction of sp³-hybridized carbons (Fsp3) is 0.250. The highest BCUT2D eigenvalue weighted by atomic mass is 16.5. The monoisotopic (exact) mass is 256 g/mol. The van der Waals surface area contributed by atoms with Gasteiger partial charge in [0.05, 0.1) is 7.11 Å². The van der Waals surface area contributed by atoms with Gasteiger partial charge in [-0.1, -0.05) is 24.3 Å². The van der Waals surface area contributed by atoms with Crippen molar-refractivity contribution in [3.63, 3.8) is 0 Å². The SMILES string of the molecule is COc1c(C)ccc(NCc2ccccc2N)c1C. The normalized spacial score (nSPS) is 10.3. The summed E-state index contributed by atoms with van der Waals surface area (Å²) in [7, 11) is 1.70. The second-order valence-corrected chi connectivity index (χ2v) is 4.64. The number of nitrogens with two attached hydrogens (primary N) is 1. The van der Waals surface area contributed by atoms with Crippen molar-refractivity contribution in [1.82, 2.24) is 0 Å². The van der Waals surface area contributed by atoms with Gasteiger partial charge in [0.2, 0.25) is 0 Å². The molecule has 3 heteroatoms. The Morgan fingerprint density at radius 2 is 1.84 bits per heavy atom. The molecule has 0 radical (unpaired) electrons. The fourth-order valence-corrected chi connectivity index (χ4v) is 2.22. The molecule has 0 aliphatic carbocycles. The fourth-order valence-electron chi connectivity index (χ4n) is 2.22. The first-order valence-electron chi connectivity index (χ1n) is 6.35. The molecule has 0 heterocycles. The number of hydrogen-bond acceptors (Lipinski definition) is 3. The van der Waals surface area contributed by atoms with Crippen LogP contribution in [0.5, 0.6) is 5.75 Å². The van der Waals surface area contributed by atoms with Crippen molar-refractivity contribution in [2.24, 2.45) is 0 Å². The number of hydrogen-bond donors (Lipinski definition) is 2. The minimum absolute atomic E-state index is 0.708. The summed E-state index contributed by atoms with van der Waals surface area (Å²) in [6.45, 7) is 4.81. The van der Waals surface area contributed by atoms with Gasteiger partial charge in [0, 0.05) is 23.5 Å². The molecule has 3 N–H and O–H groups in total. The topological polar surface area (TPSA) is 47.3 Å². The van der Waals surface area contributed by atoms with Crippen LogP contribution in [0.1, 0.15) is 16.7 Å². The molecule has 0 saturated heterocycles. The minimum Gasteiger partial charge on any atom is -0.496 e. The minimum atomic E-state index is 0.708. The van der Waals surface area contributed by atoms with E-state index in [2.05, 4.69) is 24.4 Å². The maximum atomic E-state index is 5.94. The van der Waals surface area contributed by atoms with E-state index in [0.717, 1.165) is 33.8 Å². The maximum Gasteiger partial charge on any atom is 0.126 e. The van der Waals surface area contributed by atoms with Gasteiger partial charge in [-0.3, -0.25) is 0 Å². The highest BCUT2D eigenvalue weighted by molar-refractivity contribution is 5.60. The molecule has 0 spiro atoms. The van der Waals surface area contributed by atoms with Crippen molar-refractivity contribution in [2.45, 2.75) is 20.4 Å². The average Bonchev–Trinajstić information content (AvgIpc) is 2.40. The Morgan fingerprint density at radius 3 is 2.53 bits per heavy atom. The van der Waals surface area contributed by atoms with E-state index in [1.807, 2.05) is 31.2 Å². The summed E-state index contributed by atoms with van der Waals surface area (Å²) in [5, 5.41) is 3.41. The maximum absolute atomic E-state index is 5.94. The molecule has 0 unspecified atom stereocenters. The third kappa shape index (κ3) is 2.81. The largest absolute Gasteiger partial charge is 0.496 e. The summed E-state index contributed by atoms with van der Waals surface area (Å²) in [6.07, 6.45) is 0. The molecular formula is C16H20N2O. The van der Waals surface area contributed by atoms with Crippen molar-refractivity contribution in [3.05, 3.63) is 53.1 Å². The molecule has 0 aliphatic rings. The first-order valence-corrected chi connectivity index (χ1v) is 6.35. The summed E-state index contributed by atoms with van der Waals surface area (Å²) < 4.78 is 5.43. The molecular weight excluding hydrogens is 236 g/mol. The van der Waals surface area contributed by atoms with Gasteiger partial charge in [0.15, 0.2) is 0 Å². The molecule has 2 rings (SSSR count). The number of nitrogens with one attached hydrogen (secondary N) is 1. The lowest BCUT2D eigenvalue weighted by Crippen LogP contribution is -2.05. The van der Waals surface area contributed by atoms with Gasteiger partial charge in [-0.2, -0.15) is 0 Å². The standard InChI is InChI=1S/C16H20N2O/c1-11-8-9-15(12(2)16(11)19-3)18-10-13-6-4-5-7-14(13)17/h4-9,18H,10,17H2,1-3H3. The van der Waals surface area contributed by atoms with Crippen LogP contribution in [0.2, 0.25) is 0 Å². The van der Waals surface area contributed by atoms with Crippen molar-refractivity contribution in [1.29, 1.82) is 0 Å². The number of para-hydroxylation sites is 1. The summed E-state index contributed by atoms with van der Waals surface area (Å²) in [6, 6.07) is 12.0. The Bertz CT molecular complexity index is 579. The van der Waals surface area contributed by atoms with Crippen molar-refractivity contribution in [2.75, 3.05) is 18.2 Å². The second-order valence-electron chi connectivity index (χ2n) is 4.64. The van der Waals surface area contributed by atoms with Gasteiger partial charge in [0.25, 0.3) is 0 Å². The highest BCUT2D eigenvalue weighted by Gasteiger charge is 2.07. The van der Waals surface area contributed by atoms with Gasteiger partial charge in [-0.05, 0) is 37.1 Å². The molecule has 3 nitrogen and oxygen atoms in total. The van der Waals surface area contributed by atoms with Crippen LogP contribution < -0.4 is 15.8 Å². The second kappa shape index (κ2) is 5.65. The number of rotatable bonds is 4. The molecule has 2 aromatic rings. The van der Waals surface area contributed by atoms with Crippen LogP contribution in [0.4, 0.5) is 11.4 Å². The van der Waals surface area contributed by atoms with E-state index in [9.17, 15) is 0 Å². The molecule has 0 aliphatic heterocycles. The quantitative estimate of drug-likeness (QED) is 0.823. The van der Waals surface area contributed by atoms with E-state index < -0.39 is 0 Å². The van der Waals surface area contributed by atoms with Gasteiger partial charge in [-0.15, -0.1) is 0 Å². The molecule has 19 heavy (non-hydrogen) atoms. The van der Waals surface area contributed by atoms with Crippen LogP contribution in [0.15, 0.2) is 36.4 Å². The third-order valence-electron chi connectivity index (χ3n) is 3.33. The summed E-state index contributed by atoms with van der Waals surface area (Å²) in [5.74, 6) is 0.936. The van der Waals surface area contributed by atoms with Gasteiger partial charge in [0.1, 0.15) is 5.75 Å². The first kappa shape index (κ1) is 13.3. The molecule has 0 atom stereocenters. The zero-order valence-electron chi connectivity index (χ0n) is 11.7. The molecule has 100 valence electrons. The molecule has 0 amide bonds. The van der Waals surface area contributed by atoms with E-state index in [4.69, 9.17) is 10.5 Å². The Morgan fingerprint density at radius 1 is 1.11 bits per heavy atom. The van der Waals surface area contributed by atoms with Gasteiger partial charge < -0.3 is 15.8 Å². The Hall–Kier alpha value is -2.16. The number of methoxy groups -OCH3 is 1. The molecule has 2 aromatic carbocycles. The van der Waals surface area contributed by atoms with Gasteiger partial charge >= 0.3 is 0 Å². The first-order chi connectivity index (χ1) is 9.13. The zero-order chi connectivity index (χ0) is 13.8. The predicted octanol–water partition coefficient (Wildman–Crippen LogP) is 3.51. The Balaban J connectivity index is 2.19. The summed E-state index contributed by atoms with van der Waals surface area (Å²) in [5.41, 5.74) is 11.2. The van der Waals surface area contributed by atoms with E-state index in [0.29, 0.717) is 6.54 Å². The van der Waals surface area contributed by atoms with E-state index in [1.165, 1.54) is 0 Å². The summed E-state index contributed by atoms with van der Waals surface area (Å²) in [4.78, 5) is 0. The number of nitrogen functional groups attached to an aromatic ring is 1. The predicted molar refractivity (Wildman–Crippen MR) is 80.6 cm³/mol. The van der Waals surface area contributed by atoms with E-state index in [-0.39, 0.29) is 0 Å². The highest BCUT2D eigenvalue weighted by Crippen LogP contribution is 2.29. The Labute approximate surface area is 114 Å². The molecule has 0 fully saturated rings. The van der Waals surface area contributed by atoms with E-state index >= 15 is 0 Å². The van der Waals surface area contributed by atoms with Crippen LogP contribution in [0, 0.1) is 13.8 Å². The van der Waals surface area contributed by atoms with Crippen LogP contribution in [-0.2, 0) is 6.54 Å². The smallest absolute Gasteiger partial charge is 0.126 e. The third-order valence-corrected chi connectivity index (χ3v) is 3.33. The lowest BCUT2D eigenvalue weighted by Gasteiger charge is -2.15. The van der Waals surface area contributed by atoms with Crippen LogP contribution in [0.25, 0.3) is 0 Å². The lowest BCUT2D eigenvalue weighted by atomic mass is 10.1.